The van der Waals surface area contributed by atoms with Gasteiger partial charge in [-0.05, 0) is 44.0 Å². The van der Waals surface area contributed by atoms with Crippen LogP contribution in [0.2, 0.25) is 0 Å². The number of hydrogen-bond donors (Lipinski definition) is 1. The summed E-state index contributed by atoms with van der Waals surface area (Å²) < 4.78 is 6.91. The molecule has 3 rings (SSSR count). The molecule has 1 N–H and O–H groups in total. The van der Waals surface area contributed by atoms with E-state index < -0.39 is 0 Å². The number of amides is 1. The fourth-order valence-electron chi connectivity index (χ4n) is 3.27. The largest absolute Gasteiger partial charge is 0.465 e. The van der Waals surface area contributed by atoms with Crippen LogP contribution in [-0.4, -0.2) is 28.0 Å². The van der Waals surface area contributed by atoms with Crippen molar-refractivity contribution in [3.05, 3.63) is 65.5 Å². The van der Waals surface area contributed by atoms with Crippen molar-refractivity contribution in [2.75, 3.05) is 6.61 Å². The van der Waals surface area contributed by atoms with E-state index in [4.69, 9.17) is 4.74 Å². The third kappa shape index (κ3) is 4.39. The number of aryl methyl sites for hydroxylation is 1. The number of esters is 1. The second kappa shape index (κ2) is 8.69. The summed E-state index contributed by atoms with van der Waals surface area (Å²) >= 11 is 0. The molecule has 0 aliphatic carbocycles. The minimum atomic E-state index is -0.349. The number of ether oxygens (including phenoxy) is 1. The lowest BCUT2D eigenvalue weighted by Crippen LogP contribution is -2.30. The summed E-state index contributed by atoms with van der Waals surface area (Å²) in [5, 5.41) is 3.00. The molecule has 0 aliphatic heterocycles. The normalized spacial score (nSPS) is 12.0. The van der Waals surface area contributed by atoms with Gasteiger partial charge in [-0.1, -0.05) is 36.4 Å². The Balaban J connectivity index is 1.82. The monoisotopic (exact) mass is 379 g/mol. The summed E-state index contributed by atoms with van der Waals surface area (Å²) in [5.74, 6) is 0.217. The van der Waals surface area contributed by atoms with Crippen LogP contribution < -0.4 is 5.32 Å². The number of rotatable bonds is 7. The number of nitrogens with one attached hydrogen (secondary N) is 1. The maximum absolute atomic E-state index is 12.6. The molecule has 146 valence electrons. The van der Waals surface area contributed by atoms with Crippen molar-refractivity contribution in [1.29, 1.82) is 0 Å². The van der Waals surface area contributed by atoms with Crippen molar-refractivity contribution in [3.8, 4) is 0 Å². The van der Waals surface area contributed by atoms with Crippen LogP contribution in [0, 0.1) is 6.92 Å². The lowest BCUT2D eigenvalue weighted by molar-refractivity contribution is -0.143. The SMILES string of the molecule is CCOC(=O)Cn1c(C(C)NC(=O)Cc2ccccc2C)nc2ccccc21. The van der Waals surface area contributed by atoms with Gasteiger partial charge in [0, 0.05) is 0 Å². The van der Waals surface area contributed by atoms with E-state index in [9.17, 15) is 9.59 Å². The molecule has 0 aliphatic rings. The Labute approximate surface area is 164 Å². The van der Waals surface area contributed by atoms with Crippen LogP contribution in [0.3, 0.4) is 0 Å². The van der Waals surface area contributed by atoms with Gasteiger partial charge in [-0.15, -0.1) is 0 Å². The van der Waals surface area contributed by atoms with Crippen molar-refractivity contribution in [1.82, 2.24) is 14.9 Å². The Morgan fingerprint density at radius 2 is 1.86 bits per heavy atom. The summed E-state index contributed by atoms with van der Waals surface area (Å²) in [6.45, 7) is 6.02. The first-order valence-corrected chi connectivity index (χ1v) is 9.44. The van der Waals surface area contributed by atoms with Crippen LogP contribution in [0.1, 0.15) is 36.8 Å². The topological polar surface area (TPSA) is 73.2 Å². The molecule has 1 unspecified atom stereocenters. The summed E-state index contributed by atoms with van der Waals surface area (Å²) in [7, 11) is 0. The molecule has 1 atom stereocenters. The molecule has 0 spiro atoms. The molecule has 28 heavy (non-hydrogen) atoms. The summed E-state index contributed by atoms with van der Waals surface area (Å²) in [5.41, 5.74) is 3.69. The van der Waals surface area contributed by atoms with Gasteiger partial charge >= 0.3 is 5.97 Å². The van der Waals surface area contributed by atoms with Gasteiger partial charge in [-0.3, -0.25) is 9.59 Å². The summed E-state index contributed by atoms with van der Waals surface area (Å²) in [4.78, 5) is 29.3. The smallest absolute Gasteiger partial charge is 0.326 e. The average molecular weight is 379 g/mol. The highest BCUT2D eigenvalue weighted by Gasteiger charge is 2.20. The third-order valence-corrected chi connectivity index (χ3v) is 4.65. The minimum Gasteiger partial charge on any atom is -0.465 e. The predicted octanol–water partition coefficient (Wildman–Crippen LogP) is 3.33. The first-order valence-electron chi connectivity index (χ1n) is 9.44. The number of aromatic nitrogens is 2. The fourth-order valence-corrected chi connectivity index (χ4v) is 3.27. The number of para-hydroxylation sites is 2. The number of hydrogen-bond acceptors (Lipinski definition) is 4. The maximum atomic E-state index is 12.6. The average Bonchev–Trinajstić information content (AvgIpc) is 3.02. The van der Waals surface area contributed by atoms with Crippen LogP contribution in [0.5, 0.6) is 0 Å². The van der Waals surface area contributed by atoms with Gasteiger partial charge in [-0.2, -0.15) is 0 Å². The molecular weight excluding hydrogens is 354 g/mol. The van der Waals surface area contributed by atoms with Crippen LogP contribution in [0.4, 0.5) is 0 Å². The lowest BCUT2D eigenvalue weighted by atomic mass is 10.1. The van der Waals surface area contributed by atoms with Gasteiger partial charge in [0.25, 0.3) is 0 Å². The van der Waals surface area contributed by atoms with Gasteiger partial charge in [0.15, 0.2) is 0 Å². The molecule has 0 saturated heterocycles. The molecular formula is C22H25N3O3. The molecule has 1 amide bonds. The van der Waals surface area contributed by atoms with Crippen molar-refractivity contribution in [2.24, 2.45) is 0 Å². The molecule has 0 fully saturated rings. The summed E-state index contributed by atoms with van der Waals surface area (Å²) in [6.07, 6.45) is 0.301. The van der Waals surface area contributed by atoms with E-state index in [0.717, 1.165) is 22.2 Å². The van der Waals surface area contributed by atoms with E-state index in [0.29, 0.717) is 18.9 Å². The number of nitrogens with zero attached hydrogens (tertiary/aromatic N) is 2. The second-order valence-electron chi connectivity index (χ2n) is 6.74. The number of carbonyl (C=O) groups excluding carboxylic acids is 2. The maximum Gasteiger partial charge on any atom is 0.326 e. The van der Waals surface area contributed by atoms with Crippen LogP contribution in [-0.2, 0) is 27.3 Å². The van der Waals surface area contributed by atoms with Crippen LogP contribution in [0.25, 0.3) is 11.0 Å². The zero-order valence-electron chi connectivity index (χ0n) is 16.4. The molecule has 1 heterocycles. The Kier molecular flexibility index (Phi) is 6.09. The molecule has 2 aromatic carbocycles. The molecule has 6 heteroatoms. The minimum absolute atomic E-state index is 0.0572. The van der Waals surface area contributed by atoms with Crippen LogP contribution in [0.15, 0.2) is 48.5 Å². The van der Waals surface area contributed by atoms with Gasteiger partial charge < -0.3 is 14.6 Å². The van der Waals surface area contributed by atoms with E-state index in [-0.39, 0.29) is 24.5 Å². The van der Waals surface area contributed by atoms with E-state index >= 15 is 0 Å². The van der Waals surface area contributed by atoms with Gasteiger partial charge in [0.1, 0.15) is 12.4 Å². The molecule has 0 radical (unpaired) electrons. The van der Waals surface area contributed by atoms with Crippen molar-refractivity contribution >= 4 is 22.9 Å². The zero-order chi connectivity index (χ0) is 20.1. The van der Waals surface area contributed by atoms with E-state index in [2.05, 4.69) is 10.3 Å². The van der Waals surface area contributed by atoms with Gasteiger partial charge in [-0.25, -0.2) is 4.98 Å². The number of fused-ring (bicyclic) bond motifs is 1. The Morgan fingerprint density at radius 3 is 2.61 bits per heavy atom. The molecule has 1 aromatic heterocycles. The Hall–Kier alpha value is -3.15. The van der Waals surface area contributed by atoms with Crippen molar-refractivity contribution in [3.63, 3.8) is 0 Å². The zero-order valence-corrected chi connectivity index (χ0v) is 16.4. The van der Waals surface area contributed by atoms with E-state index in [1.165, 1.54) is 0 Å². The van der Waals surface area contributed by atoms with Gasteiger partial charge in [0.2, 0.25) is 5.91 Å². The van der Waals surface area contributed by atoms with E-state index in [1.807, 2.05) is 66.9 Å². The molecule has 3 aromatic rings. The highest BCUT2D eigenvalue weighted by Crippen LogP contribution is 2.21. The van der Waals surface area contributed by atoms with Crippen molar-refractivity contribution in [2.45, 2.75) is 39.8 Å². The highest BCUT2D eigenvalue weighted by molar-refractivity contribution is 5.81. The molecule has 0 bridgehead atoms. The molecule has 0 saturated carbocycles. The number of carbonyl (C=O) groups is 2. The first-order chi connectivity index (χ1) is 13.5. The van der Waals surface area contributed by atoms with E-state index in [1.54, 1.807) is 6.92 Å². The lowest BCUT2D eigenvalue weighted by Gasteiger charge is -2.16. The van der Waals surface area contributed by atoms with Crippen LogP contribution >= 0.6 is 0 Å². The van der Waals surface area contributed by atoms with Gasteiger partial charge in [0.05, 0.1) is 30.1 Å². The summed E-state index contributed by atoms with van der Waals surface area (Å²) in [6, 6.07) is 15.1. The van der Waals surface area contributed by atoms with Crippen molar-refractivity contribution < 1.29 is 14.3 Å². The first kappa shape index (κ1) is 19.6. The molecule has 6 nitrogen and oxygen atoms in total. The third-order valence-electron chi connectivity index (χ3n) is 4.65. The quantitative estimate of drug-likeness (QED) is 0.639. The Morgan fingerprint density at radius 1 is 1.14 bits per heavy atom. The fraction of sp³-hybridized carbons (Fsp3) is 0.318. The number of benzene rings is 2. The predicted molar refractivity (Wildman–Crippen MR) is 108 cm³/mol. The second-order valence-corrected chi connectivity index (χ2v) is 6.74. The Bertz CT molecular complexity index is 994. The highest BCUT2D eigenvalue weighted by atomic mass is 16.5. The standard InChI is InChI=1S/C22H25N3O3/c1-4-28-21(27)14-25-19-12-8-7-11-18(19)24-22(25)16(3)23-20(26)13-17-10-6-5-9-15(17)2/h5-12,16H,4,13-14H2,1-3H3,(H,23,26). The number of imidazole rings is 1.